The normalized spacial score (nSPS) is 26.1. The number of phenolic OH excluding ortho intramolecular Hbond substituents is 1. The van der Waals surface area contributed by atoms with Crippen molar-refractivity contribution in [2.45, 2.75) is 32.6 Å². The van der Waals surface area contributed by atoms with Gasteiger partial charge in [0.15, 0.2) is 0 Å². The summed E-state index contributed by atoms with van der Waals surface area (Å²) in [5.74, 6) is -5.74. The highest BCUT2D eigenvalue weighted by molar-refractivity contribution is 7.22. The molecule has 2 aliphatic carbocycles. The molecule has 55 heavy (non-hydrogen) atoms. The van der Waals surface area contributed by atoms with Gasteiger partial charge in [-0.1, -0.05) is 47.0 Å². The van der Waals surface area contributed by atoms with Gasteiger partial charge in [0.1, 0.15) is 17.3 Å². The number of anilines is 2. The number of imide groups is 2. The van der Waals surface area contributed by atoms with E-state index in [9.17, 15) is 29.5 Å². The van der Waals surface area contributed by atoms with Gasteiger partial charge in [-0.2, -0.15) is 5.10 Å². The lowest BCUT2D eigenvalue weighted by Gasteiger charge is -2.49. The van der Waals surface area contributed by atoms with Gasteiger partial charge in [0.05, 0.1) is 33.7 Å². The van der Waals surface area contributed by atoms with Crippen molar-refractivity contribution in [3.63, 3.8) is 0 Å². The zero-order valence-corrected chi connectivity index (χ0v) is 32.1. The van der Waals surface area contributed by atoms with Crippen LogP contribution in [-0.4, -0.2) is 55.7 Å². The standard InChI is InChI=1S/C40H33BCl2N4O7S/c1-18-25-14-21(43)8-12-31(25)55-35(18)29-17-32(45(3)44-29)47-37(50)28-16-26-23(34(40(28,2)39(47)52)27-15-20(42)7-11-30(27)48)9-10-24-33(26)38(51)46(36(24)49)22-6-4-5-19(13-22)41(53)54/h4-9,11-15,17,24,26,28,33-34,48,53-54H,10,16H2,1-3H3/t24-,26+,28-,33-,34+,40+/m0/s1. The van der Waals surface area contributed by atoms with Gasteiger partial charge < -0.3 is 15.2 Å². The molecule has 6 atom stereocenters. The quantitative estimate of drug-likeness (QED) is 0.116. The largest absolute Gasteiger partial charge is 0.508 e. The molecule has 2 saturated heterocycles. The molecular weight excluding hydrogens is 762 g/mol. The molecule has 15 heteroatoms. The van der Waals surface area contributed by atoms with Crippen LogP contribution in [0.4, 0.5) is 11.5 Å². The molecule has 3 fully saturated rings. The summed E-state index contributed by atoms with van der Waals surface area (Å²) in [6.45, 7) is 3.72. The number of allylic oxidation sites excluding steroid dienone is 2. The second kappa shape index (κ2) is 12.6. The number of carbonyl (C=O) groups is 4. The van der Waals surface area contributed by atoms with Gasteiger partial charge in [-0.05, 0) is 97.6 Å². The fourth-order valence-electron chi connectivity index (χ4n) is 9.63. The number of amides is 4. The van der Waals surface area contributed by atoms with Gasteiger partial charge in [0, 0.05) is 39.3 Å². The van der Waals surface area contributed by atoms with E-state index in [4.69, 9.17) is 28.3 Å². The molecular formula is C40H33BCl2N4O7S. The van der Waals surface area contributed by atoms with Crippen LogP contribution in [0.5, 0.6) is 5.75 Å². The molecule has 0 bridgehead atoms. The Bertz CT molecular complexity index is 2570. The molecule has 2 aliphatic heterocycles. The number of benzene rings is 3. The van der Waals surface area contributed by atoms with Crippen LogP contribution in [0.3, 0.4) is 0 Å². The Morgan fingerprint density at radius 2 is 1.65 bits per heavy atom. The summed E-state index contributed by atoms with van der Waals surface area (Å²) in [6.07, 6.45) is 2.18. The van der Waals surface area contributed by atoms with Gasteiger partial charge >= 0.3 is 7.12 Å². The molecule has 9 rings (SSSR count). The summed E-state index contributed by atoms with van der Waals surface area (Å²) < 4.78 is 2.54. The van der Waals surface area contributed by atoms with Crippen LogP contribution in [0.1, 0.15) is 36.8 Å². The summed E-state index contributed by atoms with van der Waals surface area (Å²) in [4.78, 5) is 61.5. The Balaban J connectivity index is 1.15. The van der Waals surface area contributed by atoms with Crippen LogP contribution >= 0.6 is 34.5 Å². The first-order valence-electron chi connectivity index (χ1n) is 17.8. The Morgan fingerprint density at radius 3 is 2.42 bits per heavy atom. The number of phenols is 1. The fourth-order valence-corrected chi connectivity index (χ4v) is 11.1. The van der Waals surface area contributed by atoms with E-state index in [1.165, 1.54) is 45.2 Å². The number of hydrogen-bond donors (Lipinski definition) is 3. The summed E-state index contributed by atoms with van der Waals surface area (Å²) in [5, 5.41) is 37.7. The highest BCUT2D eigenvalue weighted by Crippen LogP contribution is 2.64. The number of aromatic hydroxyl groups is 1. The zero-order valence-electron chi connectivity index (χ0n) is 29.7. The van der Waals surface area contributed by atoms with E-state index in [1.54, 1.807) is 38.2 Å². The third kappa shape index (κ3) is 5.13. The van der Waals surface area contributed by atoms with Crippen molar-refractivity contribution >= 4 is 92.3 Å². The van der Waals surface area contributed by atoms with E-state index in [2.05, 4.69) is 0 Å². The number of rotatable bonds is 5. The van der Waals surface area contributed by atoms with Gasteiger partial charge in [0.2, 0.25) is 23.6 Å². The maximum absolute atomic E-state index is 15.1. The summed E-state index contributed by atoms with van der Waals surface area (Å²) in [7, 11) is -0.124. The molecule has 3 aromatic carbocycles. The van der Waals surface area contributed by atoms with Crippen molar-refractivity contribution in [3.05, 3.63) is 99.6 Å². The van der Waals surface area contributed by atoms with Crippen LogP contribution in [0, 0.1) is 36.0 Å². The predicted molar refractivity (Wildman–Crippen MR) is 210 cm³/mol. The molecule has 11 nitrogen and oxygen atoms in total. The van der Waals surface area contributed by atoms with Crippen LogP contribution in [-0.2, 0) is 26.2 Å². The van der Waals surface area contributed by atoms with E-state index < -0.39 is 65.8 Å². The summed E-state index contributed by atoms with van der Waals surface area (Å²) >= 11 is 14.4. The SMILES string of the molecule is Cc1c(-c2cc(N3C(=O)[C@@H]4C[C@@H]5C(=CC[C@@H]6C(=O)N(c7cccc(B(O)O)c7)C(=O)[C@@H]65)[C@H](c5cc(Cl)ccc5O)[C@]4(C)C3=O)n(C)n2)sc2ccc(Cl)cc12. The van der Waals surface area contributed by atoms with Gasteiger partial charge in [-0.3, -0.25) is 28.8 Å². The molecule has 5 aromatic rings. The van der Waals surface area contributed by atoms with E-state index in [-0.39, 0.29) is 35.6 Å². The number of hydrogen-bond acceptors (Lipinski definition) is 9. The number of thiophene rings is 1. The van der Waals surface area contributed by atoms with Crippen LogP contribution in [0.2, 0.25) is 10.0 Å². The number of fused-ring (bicyclic) bond motifs is 5. The molecule has 4 aliphatic rings. The number of aromatic nitrogens is 2. The lowest BCUT2D eigenvalue weighted by atomic mass is 9.51. The Hall–Kier alpha value is -4.79. The maximum Gasteiger partial charge on any atom is 0.488 e. The van der Waals surface area contributed by atoms with Crippen molar-refractivity contribution in [2.75, 3.05) is 9.80 Å². The highest BCUT2D eigenvalue weighted by atomic mass is 35.5. The number of aryl methyl sites for hydroxylation is 2. The van der Waals surface area contributed by atoms with Crippen molar-refractivity contribution in [3.8, 4) is 16.3 Å². The van der Waals surface area contributed by atoms with Gasteiger partial charge in [-0.15, -0.1) is 11.3 Å². The average molecular weight is 796 g/mol. The number of carbonyl (C=O) groups excluding carboxylic acids is 4. The van der Waals surface area contributed by atoms with E-state index in [1.807, 2.05) is 31.2 Å². The third-order valence-electron chi connectivity index (χ3n) is 12.2. The molecule has 0 spiro atoms. The van der Waals surface area contributed by atoms with Crippen molar-refractivity contribution < 1.29 is 34.3 Å². The number of nitrogens with zero attached hydrogens (tertiary/aromatic N) is 4. The zero-order chi connectivity index (χ0) is 38.8. The fraction of sp³-hybridized carbons (Fsp3) is 0.275. The molecule has 0 unspecified atom stereocenters. The second-order valence-electron chi connectivity index (χ2n) is 15.1. The molecule has 4 amide bonds. The van der Waals surface area contributed by atoms with E-state index in [0.717, 1.165) is 25.4 Å². The summed E-state index contributed by atoms with van der Waals surface area (Å²) in [5.41, 5.74) is 1.51. The Labute approximate surface area is 329 Å². The molecule has 1 saturated carbocycles. The van der Waals surface area contributed by atoms with Crippen LogP contribution in [0.15, 0.2) is 78.4 Å². The first-order valence-corrected chi connectivity index (χ1v) is 19.4. The molecule has 278 valence electrons. The van der Waals surface area contributed by atoms with Crippen molar-refractivity contribution in [1.29, 1.82) is 0 Å². The topological polar surface area (TPSA) is 153 Å². The van der Waals surface area contributed by atoms with Crippen molar-refractivity contribution in [2.24, 2.45) is 36.1 Å². The summed E-state index contributed by atoms with van der Waals surface area (Å²) in [6, 6.07) is 18.0. The molecule has 2 aromatic heterocycles. The predicted octanol–water partition coefficient (Wildman–Crippen LogP) is 5.74. The number of halogens is 2. The van der Waals surface area contributed by atoms with Gasteiger partial charge in [-0.25, -0.2) is 4.90 Å². The lowest BCUT2D eigenvalue weighted by Crippen LogP contribution is -2.49. The molecule has 3 N–H and O–H groups in total. The second-order valence-corrected chi connectivity index (χ2v) is 17.0. The van der Waals surface area contributed by atoms with Crippen LogP contribution in [0.25, 0.3) is 20.7 Å². The smallest absolute Gasteiger partial charge is 0.488 e. The minimum atomic E-state index is -1.80. The highest BCUT2D eigenvalue weighted by Gasteiger charge is 2.68. The Morgan fingerprint density at radius 1 is 0.909 bits per heavy atom. The monoisotopic (exact) mass is 794 g/mol. The van der Waals surface area contributed by atoms with E-state index in [0.29, 0.717) is 26.9 Å². The van der Waals surface area contributed by atoms with Gasteiger partial charge in [0.25, 0.3) is 0 Å². The molecule has 0 radical (unpaired) electrons. The van der Waals surface area contributed by atoms with Crippen LogP contribution < -0.4 is 15.3 Å². The average Bonchev–Trinajstić information content (AvgIpc) is 3.82. The van der Waals surface area contributed by atoms with E-state index >= 15 is 4.79 Å². The molecule has 4 heterocycles. The minimum absolute atomic E-state index is 0.103. The van der Waals surface area contributed by atoms with Crippen molar-refractivity contribution in [1.82, 2.24) is 9.78 Å². The first kappa shape index (κ1) is 35.9. The minimum Gasteiger partial charge on any atom is -0.508 e. The third-order valence-corrected chi connectivity index (χ3v) is 14.0. The first-order chi connectivity index (χ1) is 26.2. The lowest BCUT2D eigenvalue weighted by molar-refractivity contribution is -0.131. The maximum atomic E-state index is 15.1. The Kier molecular flexibility index (Phi) is 8.23.